The number of aryl methyl sites for hydroxylation is 2. The van der Waals surface area contributed by atoms with Crippen LogP contribution in [0.4, 0.5) is 5.69 Å². The molecule has 0 saturated carbocycles. The third-order valence-electron chi connectivity index (χ3n) is 2.87. The summed E-state index contributed by atoms with van der Waals surface area (Å²) < 4.78 is 5.05. The van der Waals surface area contributed by atoms with Gasteiger partial charge in [0.1, 0.15) is 5.76 Å². The Morgan fingerprint density at radius 3 is 2.84 bits per heavy atom. The van der Waals surface area contributed by atoms with Crippen LogP contribution in [0.1, 0.15) is 17.0 Å². The zero-order valence-corrected chi connectivity index (χ0v) is 12.0. The molecule has 1 aromatic carbocycles. The average molecular weight is 276 g/mol. The third-order valence-corrected chi connectivity index (χ3v) is 3.60. The van der Waals surface area contributed by atoms with Gasteiger partial charge >= 0.3 is 0 Å². The normalized spacial score (nSPS) is 10.5. The Bertz CT molecular complexity index is 573. The number of carbonyl (C=O) groups excluding carboxylic acids is 1. The maximum atomic E-state index is 12.0. The second-order valence-electron chi connectivity index (χ2n) is 4.26. The molecule has 2 aromatic rings. The van der Waals surface area contributed by atoms with Gasteiger partial charge in [-0.3, -0.25) is 4.79 Å². The van der Waals surface area contributed by atoms with E-state index in [0.717, 1.165) is 21.8 Å². The summed E-state index contributed by atoms with van der Waals surface area (Å²) in [6.45, 7) is 3.66. The molecule has 1 N–H and O–H groups in total. The number of amides is 1. The number of nitrogens with one attached hydrogen (secondary N) is 1. The van der Waals surface area contributed by atoms with Gasteiger partial charge in [-0.05, 0) is 38.3 Å². The van der Waals surface area contributed by atoms with E-state index < -0.39 is 0 Å². The zero-order chi connectivity index (χ0) is 13.8. The van der Waals surface area contributed by atoms with E-state index in [9.17, 15) is 4.79 Å². The van der Waals surface area contributed by atoms with Crippen LogP contribution in [0.3, 0.4) is 0 Å². The molecule has 1 amide bonds. The highest BCUT2D eigenvalue weighted by Crippen LogP contribution is 2.19. The van der Waals surface area contributed by atoms with Crippen LogP contribution in [0, 0.1) is 13.8 Å². The highest BCUT2D eigenvalue weighted by Gasteiger charge is 2.13. The van der Waals surface area contributed by atoms with Crippen molar-refractivity contribution in [2.45, 2.75) is 25.2 Å². The van der Waals surface area contributed by atoms with Crippen molar-refractivity contribution in [1.82, 2.24) is 5.16 Å². The van der Waals surface area contributed by atoms with E-state index in [0.29, 0.717) is 5.76 Å². The van der Waals surface area contributed by atoms with Crippen LogP contribution in [0.2, 0.25) is 0 Å². The average Bonchev–Trinajstić information content (AvgIpc) is 2.71. The van der Waals surface area contributed by atoms with Crippen LogP contribution in [-0.4, -0.2) is 17.3 Å². The molecule has 19 heavy (non-hydrogen) atoms. The van der Waals surface area contributed by atoms with Gasteiger partial charge in [-0.15, -0.1) is 11.8 Å². The van der Waals surface area contributed by atoms with E-state index in [2.05, 4.69) is 10.5 Å². The molecule has 2 rings (SSSR count). The Morgan fingerprint density at radius 2 is 2.21 bits per heavy atom. The molecule has 0 saturated heterocycles. The van der Waals surface area contributed by atoms with Crippen LogP contribution < -0.4 is 5.32 Å². The molecule has 0 aliphatic rings. The van der Waals surface area contributed by atoms with Gasteiger partial charge in [-0.2, -0.15) is 0 Å². The third kappa shape index (κ3) is 3.38. The SMILES string of the molecule is CSc1cccc(NC(=O)Cc2c(C)noc2C)c1. The largest absolute Gasteiger partial charge is 0.361 e. The number of benzene rings is 1. The number of thioether (sulfide) groups is 1. The molecular weight excluding hydrogens is 260 g/mol. The highest BCUT2D eigenvalue weighted by atomic mass is 32.2. The van der Waals surface area contributed by atoms with Crippen molar-refractivity contribution in [2.24, 2.45) is 0 Å². The number of anilines is 1. The molecule has 100 valence electrons. The van der Waals surface area contributed by atoms with Crippen molar-refractivity contribution in [3.63, 3.8) is 0 Å². The topological polar surface area (TPSA) is 55.1 Å². The predicted molar refractivity (Wildman–Crippen MR) is 76.5 cm³/mol. The lowest BCUT2D eigenvalue weighted by atomic mass is 10.1. The molecule has 0 fully saturated rings. The highest BCUT2D eigenvalue weighted by molar-refractivity contribution is 7.98. The van der Waals surface area contributed by atoms with Crippen LogP contribution in [0.25, 0.3) is 0 Å². The lowest BCUT2D eigenvalue weighted by Gasteiger charge is -2.06. The molecule has 5 heteroatoms. The summed E-state index contributed by atoms with van der Waals surface area (Å²) in [4.78, 5) is 13.1. The van der Waals surface area contributed by atoms with Crippen molar-refractivity contribution in [1.29, 1.82) is 0 Å². The quantitative estimate of drug-likeness (QED) is 0.871. The Hall–Kier alpha value is -1.75. The van der Waals surface area contributed by atoms with E-state index in [1.54, 1.807) is 11.8 Å². The fourth-order valence-corrected chi connectivity index (χ4v) is 2.28. The van der Waals surface area contributed by atoms with Gasteiger partial charge in [-0.25, -0.2) is 0 Å². The van der Waals surface area contributed by atoms with Crippen molar-refractivity contribution >= 4 is 23.4 Å². The number of hydrogen-bond acceptors (Lipinski definition) is 4. The molecule has 1 aromatic heterocycles. The molecule has 0 aliphatic heterocycles. The molecule has 1 heterocycles. The first kappa shape index (κ1) is 13.7. The lowest BCUT2D eigenvalue weighted by molar-refractivity contribution is -0.115. The predicted octanol–water partition coefficient (Wildman–Crippen LogP) is 3.19. The first-order valence-electron chi connectivity index (χ1n) is 5.96. The molecule has 4 nitrogen and oxygen atoms in total. The van der Waals surface area contributed by atoms with E-state index in [-0.39, 0.29) is 12.3 Å². The lowest BCUT2D eigenvalue weighted by Crippen LogP contribution is -2.15. The van der Waals surface area contributed by atoms with Gasteiger partial charge in [-0.1, -0.05) is 11.2 Å². The maximum absolute atomic E-state index is 12.0. The molecule has 0 atom stereocenters. The number of aromatic nitrogens is 1. The number of hydrogen-bond donors (Lipinski definition) is 1. The van der Waals surface area contributed by atoms with Crippen LogP contribution in [0.15, 0.2) is 33.7 Å². The van der Waals surface area contributed by atoms with E-state index in [1.807, 2.05) is 44.4 Å². The van der Waals surface area contributed by atoms with E-state index >= 15 is 0 Å². The molecule has 0 radical (unpaired) electrons. The number of rotatable bonds is 4. The van der Waals surface area contributed by atoms with Crippen molar-refractivity contribution in [2.75, 3.05) is 11.6 Å². The van der Waals surface area contributed by atoms with Crippen LogP contribution in [-0.2, 0) is 11.2 Å². The second kappa shape index (κ2) is 5.93. The van der Waals surface area contributed by atoms with Crippen LogP contribution >= 0.6 is 11.8 Å². The van der Waals surface area contributed by atoms with E-state index in [4.69, 9.17) is 4.52 Å². The molecule has 0 bridgehead atoms. The summed E-state index contributed by atoms with van der Waals surface area (Å²) in [5, 5.41) is 6.73. The Balaban J connectivity index is 2.05. The van der Waals surface area contributed by atoms with Crippen LogP contribution in [0.5, 0.6) is 0 Å². The van der Waals surface area contributed by atoms with Crippen molar-refractivity contribution in [3.8, 4) is 0 Å². The summed E-state index contributed by atoms with van der Waals surface area (Å²) in [6.07, 6.45) is 2.29. The van der Waals surface area contributed by atoms with Gasteiger partial charge in [0.2, 0.25) is 5.91 Å². The zero-order valence-electron chi connectivity index (χ0n) is 11.2. The summed E-state index contributed by atoms with van der Waals surface area (Å²) >= 11 is 1.64. The first-order valence-corrected chi connectivity index (χ1v) is 7.18. The summed E-state index contributed by atoms with van der Waals surface area (Å²) in [5.74, 6) is 0.637. The second-order valence-corrected chi connectivity index (χ2v) is 5.14. The molecular formula is C14H16N2O2S. The minimum absolute atomic E-state index is 0.0624. The van der Waals surface area contributed by atoms with Gasteiger partial charge < -0.3 is 9.84 Å². The molecule has 0 aliphatic carbocycles. The first-order chi connectivity index (χ1) is 9.10. The Kier molecular flexibility index (Phi) is 4.27. The van der Waals surface area contributed by atoms with Gasteiger partial charge in [0, 0.05) is 16.1 Å². The summed E-state index contributed by atoms with van der Waals surface area (Å²) in [6, 6.07) is 7.77. The Labute approximate surface area is 116 Å². The standard InChI is InChI=1S/C14H16N2O2S/c1-9-13(10(2)18-16-9)8-14(17)15-11-5-4-6-12(7-11)19-3/h4-7H,8H2,1-3H3,(H,15,17). The van der Waals surface area contributed by atoms with E-state index in [1.165, 1.54) is 0 Å². The number of carbonyl (C=O) groups is 1. The van der Waals surface area contributed by atoms with Crippen molar-refractivity contribution in [3.05, 3.63) is 41.3 Å². The summed E-state index contributed by atoms with van der Waals surface area (Å²) in [7, 11) is 0. The smallest absolute Gasteiger partial charge is 0.228 e. The fraction of sp³-hybridized carbons (Fsp3) is 0.286. The Morgan fingerprint density at radius 1 is 1.42 bits per heavy atom. The fourth-order valence-electron chi connectivity index (χ4n) is 1.82. The van der Waals surface area contributed by atoms with Gasteiger partial charge in [0.15, 0.2) is 0 Å². The van der Waals surface area contributed by atoms with Gasteiger partial charge in [0.05, 0.1) is 12.1 Å². The molecule has 0 spiro atoms. The number of nitrogens with zero attached hydrogens (tertiary/aromatic N) is 1. The minimum Gasteiger partial charge on any atom is -0.361 e. The van der Waals surface area contributed by atoms with Crippen molar-refractivity contribution < 1.29 is 9.32 Å². The minimum atomic E-state index is -0.0624. The summed E-state index contributed by atoms with van der Waals surface area (Å²) in [5.41, 5.74) is 2.44. The maximum Gasteiger partial charge on any atom is 0.228 e. The van der Waals surface area contributed by atoms with Gasteiger partial charge in [0.25, 0.3) is 0 Å². The molecule has 0 unspecified atom stereocenters. The monoisotopic (exact) mass is 276 g/mol.